The van der Waals surface area contributed by atoms with E-state index in [4.69, 9.17) is 13.9 Å². The average Bonchev–Trinajstić information content (AvgIpc) is 2.34. The van der Waals surface area contributed by atoms with Crippen LogP contribution in [0.3, 0.4) is 0 Å². The largest absolute Gasteiger partial charge is 0.497 e. The molecule has 0 spiro atoms. The zero-order chi connectivity index (χ0) is 13.1. The van der Waals surface area contributed by atoms with Crippen LogP contribution in [0.5, 0.6) is 5.75 Å². The highest BCUT2D eigenvalue weighted by molar-refractivity contribution is 5.81. The zero-order valence-electron chi connectivity index (χ0n) is 10.7. The summed E-state index contributed by atoms with van der Waals surface area (Å²) in [5.74, 6) is 0.660. The van der Waals surface area contributed by atoms with E-state index in [-0.39, 0.29) is 11.7 Å². The molecule has 4 nitrogen and oxygen atoms in total. The Labute approximate surface area is 105 Å². The average molecular weight is 248 g/mol. The van der Waals surface area contributed by atoms with Crippen LogP contribution in [0.2, 0.25) is 0 Å². The summed E-state index contributed by atoms with van der Waals surface area (Å²) in [7, 11) is 1.57. The molecule has 0 unspecified atom stereocenters. The maximum Gasteiger partial charge on any atom is 0.336 e. The second-order valence-electron chi connectivity index (χ2n) is 4.31. The van der Waals surface area contributed by atoms with Crippen molar-refractivity contribution in [3.63, 3.8) is 0 Å². The van der Waals surface area contributed by atoms with E-state index in [0.717, 1.165) is 10.9 Å². The van der Waals surface area contributed by atoms with Crippen molar-refractivity contribution in [3.05, 3.63) is 40.2 Å². The van der Waals surface area contributed by atoms with E-state index in [1.54, 1.807) is 13.2 Å². The fourth-order valence-corrected chi connectivity index (χ4v) is 1.71. The molecule has 0 aliphatic carbocycles. The highest BCUT2D eigenvalue weighted by atomic mass is 16.5. The summed E-state index contributed by atoms with van der Waals surface area (Å²) < 4.78 is 15.8. The van der Waals surface area contributed by atoms with Crippen LogP contribution in [0, 0.1) is 0 Å². The van der Waals surface area contributed by atoms with Gasteiger partial charge in [-0.25, -0.2) is 4.79 Å². The summed E-state index contributed by atoms with van der Waals surface area (Å²) in [4.78, 5) is 11.5. The van der Waals surface area contributed by atoms with Gasteiger partial charge in [-0.15, -0.1) is 0 Å². The first-order chi connectivity index (χ1) is 8.60. The minimum Gasteiger partial charge on any atom is -0.497 e. The fourth-order valence-electron chi connectivity index (χ4n) is 1.71. The molecule has 0 atom stereocenters. The van der Waals surface area contributed by atoms with Gasteiger partial charge >= 0.3 is 5.63 Å². The molecule has 0 aliphatic heterocycles. The van der Waals surface area contributed by atoms with Gasteiger partial charge in [0.15, 0.2) is 0 Å². The quantitative estimate of drug-likeness (QED) is 0.780. The maximum atomic E-state index is 11.5. The van der Waals surface area contributed by atoms with E-state index in [2.05, 4.69) is 0 Å². The van der Waals surface area contributed by atoms with Crippen molar-refractivity contribution < 1.29 is 13.9 Å². The van der Waals surface area contributed by atoms with Gasteiger partial charge in [-0.05, 0) is 31.5 Å². The normalized spacial score (nSPS) is 11.1. The van der Waals surface area contributed by atoms with Gasteiger partial charge < -0.3 is 13.9 Å². The Morgan fingerprint density at radius 3 is 2.72 bits per heavy atom. The third-order valence-electron chi connectivity index (χ3n) is 2.61. The first-order valence-corrected chi connectivity index (χ1v) is 5.82. The van der Waals surface area contributed by atoms with Gasteiger partial charge in [-0.1, -0.05) is 0 Å². The lowest BCUT2D eigenvalue weighted by Gasteiger charge is -2.09. The van der Waals surface area contributed by atoms with Crippen molar-refractivity contribution in [1.29, 1.82) is 0 Å². The number of hydrogen-bond donors (Lipinski definition) is 0. The van der Waals surface area contributed by atoms with Gasteiger partial charge in [0, 0.05) is 17.5 Å². The SMILES string of the molecule is COc1ccc2c(COC(C)C)cc(=O)oc2c1. The summed E-state index contributed by atoms with van der Waals surface area (Å²) in [5, 5.41) is 0.871. The van der Waals surface area contributed by atoms with E-state index in [1.807, 2.05) is 26.0 Å². The Morgan fingerprint density at radius 2 is 2.06 bits per heavy atom. The van der Waals surface area contributed by atoms with E-state index >= 15 is 0 Å². The van der Waals surface area contributed by atoms with Crippen LogP contribution in [-0.4, -0.2) is 13.2 Å². The number of ether oxygens (including phenoxy) is 2. The first kappa shape index (κ1) is 12.6. The Morgan fingerprint density at radius 1 is 1.28 bits per heavy atom. The highest BCUT2D eigenvalue weighted by Crippen LogP contribution is 2.23. The molecule has 0 saturated carbocycles. The van der Waals surface area contributed by atoms with Crippen LogP contribution in [-0.2, 0) is 11.3 Å². The Kier molecular flexibility index (Phi) is 3.67. The van der Waals surface area contributed by atoms with Gasteiger partial charge in [-0.2, -0.15) is 0 Å². The smallest absolute Gasteiger partial charge is 0.336 e. The molecule has 1 aromatic heterocycles. The molecule has 96 valence electrons. The van der Waals surface area contributed by atoms with Gasteiger partial charge in [0.2, 0.25) is 0 Å². The highest BCUT2D eigenvalue weighted by Gasteiger charge is 2.07. The molecule has 0 amide bonds. The lowest BCUT2D eigenvalue weighted by molar-refractivity contribution is 0.0662. The van der Waals surface area contributed by atoms with E-state index in [9.17, 15) is 4.79 Å². The number of hydrogen-bond acceptors (Lipinski definition) is 4. The van der Waals surface area contributed by atoms with Gasteiger partial charge in [0.05, 0.1) is 19.8 Å². The van der Waals surface area contributed by atoms with Crippen molar-refractivity contribution in [2.24, 2.45) is 0 Å². The third kappa shape index (κ3) is 2.71. The summed E-state index contributed by atoms with van der Waals surface area (Å²) in [6.45, 7) is 4.30. The molecule has 0 N–H and O–H groups in total. The summed E-state index contributed by atoms with van der Waals surface area (Å²) >= 11 is 0. The molecule has 18 heavy (non-hydrogen) atoms. The van der Waals surface area contributed by atoms with Crippen LogP contribution in [0.15, 0.2) is 33.5 Å². The van der Waals surface area contributed by atoms with Crippen molar-refractivity contribution in [2.75, 3.05) is 7.11 Å². The predicted molar refractivity (Wildman–Crippen MR) is 69.0 cm³/mol. The fraction of sp³-hybridized carbons (Fsp3) is 0.357. The third-order valence-corrected chi connectivity index (χ3v) is 2.61. The molecule has 0 aliphatic rings. The van der Waals surface area contributed by atoms with Crippen LogP contribution in [0.1, 0.15) is 19.4 Å². The van der Waals surface area contributed by atoms with Gasteiger partial charge in [0.1, 0.15) is 11.3 Å². The summed E-state index contributed by atoms with van der Waals surface area (Å²) in [6.07, 6.45) is 0.116. The first-order valence-electron chi connectivity index (χ1n) is 5.82. The van der Waals surface area contributed by atoms with E-state index in [1.165, 1.54) is 6.07 Å². The zero-order valence-corrected chi connectivity index (χ0v) is 10.7. The molecular weight excluding hydrogens is 232 g/mol. The Bertz CT molecular complexity index is 598. The second kappa shape index (κ2) is 5.23. The Hall–Kier alpha value is -1.81. The standard InChI is InChI=1S/C14H16O4/c1-9(2)17-8-10-6-14(15)18-13-7-11(16-3)4-5-12(10)13/h4-7,9H,8H2,1-3H3. The van der Waals surface area contributed by atoms with Crippen LogP contribution in [0.4, 0.5) is 0 Å². The maximum absolute atomic E-state index is 11.5. The van der Waals surface area contributed by atoms with Crippen LogP contribution in [0.25, 0.3) is 11.0 Å². The van der Waals surface area contributed by atoms with Crippen molar-refractivity contribution in [1.82, 2.24) is 0 Å². The number of rotatable bonds is 4. The lowest BCUT2D eigenvalue weighted by Crippen LogP contribution is -2.06. The number of methoxy groups -OCH3 is 1. The molecule has 0 saturated heterocycles. The molecule has 2 aromatic rings. The number of benzene rings is 1. The molecule has 0 radical (unpaired) electrons. The monoisotopic (exact) mass is 248 g/mol. The molecular formula is C14H16O4. The van der Waals surface area contributed by atoms with E-state index < -0.39 is 0 Å². The summed E-state index contributed by atoms with van der Waals surface area (Å²) in [6, 6.07) is 6.88. The molecule has 1 aromatic carbocycles. The summed E-state index contributed by atoms with van der Waals surface area (Å²) in [5.41, 5.74) is 0.972. The molecule has 1 heterocycles. The Balaban J connectivity index is 2.48. The predicted octanol–water partition coefficient (Wildman–Crippen LogP) is 2.73. The molecule has 0 fully saturated rings. The lowest BCUT2D eigenvalue weighted by atomic mass is 10.1. The van der Waals surface area contributed by atoms with Crippen LogP contribution >= 0.6 is 0 Å². The van der Waals surface area contributed by atoms with Gasteiger partial charge in [-0.3, -0.25) is 0 Å². The van der Waals surface area contributed by atoms with Gasteiger partial charge in [0.25, 0.3) is 0 Å². The van der Waals surface area contributed by atoms with Crippen molar-refractivity contribution >= 4 is 11.0 Å². The minimum atomic E-state index is -0.377. The minimum absolute atomic E-state index is 0.116. The molecule has 4 heteroatoms. The molecule has 0 bridgehead atoms. The van der Waals surface area contributed by atoms with Crippen molar-refractivity contribution in [3.8, 4) is 5.75 Å². The van der Waals surface area contributed by atoms with Crippen molar-refractivity contribution in [2.45, 2.75) is 26.6 Å². The molecule has 2 rings (SSSR count). The van der Waals surface area contributed by atoms with Crippen LogP contribution < -0.4 is 10.4 Å². The topological polar surface area (TPSA) is 48.7 Å². The number of fused-ring (bicyclic) bond motifs is 1. The van der Waals surface area contributed by atoms with E-state index in [0.29, 0.717) is 17.9 Å². The second-order valence-corrected chi connectivity index (χ2v) is 4.31.